The van der Waals surface area contributed by atoms with Crippen LogP contribution in [0.15, 0.2) is 36.7 Å². The van der Waals surface area contributed by atoms with Gasteiger partial charge in [0.25, 0.3) is 0 Å². The van der Waals surface area contributed by atoms with Crippen molar-refractivity contribution >= 4 is 16.6 Å². The lowest BCUT2D eigenvalue weighted by atomic mass is 10.1. The topological polar surface area (TPSA) is 55.6 Å². The van der Waals surface area contributed by atoms with Crippen LogP contribution in [0.25, 0.3) is 10.9 Å². The van der Waals surface area contributed by atoms with E-state index in [4.69, 9.17) is 0 Å². The minimum atomic E-state index is -0.300. The molecule has 0 saturated carbocycles. The molecule has 0 unspecified atom stereocenters. The number of rotatable bonds is 4. The largest absolute Gasteiger partial charge is 0.383 e. The van der Waals surface area contributed by atoms with Crippen molar-refractivity contribution in [1.82, 2.24) is 20.0 Å². The van der Waals surface area contributed by atoms with Crippen LogP contribution in [0.4, 0.5) is 10.1 Å². The lowest BCUT2D eigenvalue weighted by Crippen LogP contribution is -2.11. The van der Waals surface area contributed by atoms with Crippen molar-refractivity contribution in [3.63, 3.8) is 0 Å². The minimum Gasteiger partial charge on any atom is -0.383 e. The third-order valence-electron chi connectivity index (χ3n) is 3.05. The van der Waals surface area contributed by atoms with Crippen molar-refractivity contribution < 1.29 is 4.39 Å². The van der Waals surface area contributed by atoms with Gasteiger partial charge in [0.15, 0.2) is 0 Å². The van der Waals surface area contributed by atoms with Gasteiger partial charge in [-0.1, -0.05) is 17.3 Å². The molecule has 0 aliphatic carbocycles. The third-order valence-corrected chi connectivity index (χ3v) is 3.05. The van der Waals surface area contributed by atoms with Gasteiger partial charge in [-0.05, 0) is 19.1 Å². The van der Waals surface area contributed by atoms with Crippen LogP contribution in [-0.2, 0) is 6.54 Å². The number of fused-ring (bicyclic) bond motifs is 1. The Morgan fingerprint density at radius 1 is 1.35 bits per heavy atom. The number of hydrogen-bond acceptors (Lipinski definition) is 4. The maximum atomic E-state index is 13.8. The Kier molecular flexibility index (Phi) is 3.28. The summed E-state index contributed by atoms with van der Waals surface area (Å²) in [5.41, 5.74) is 2.06. The van der Waals surface area contributed by atoms with Gasteiger partial charge in [-0.2, -0.15) is 0 Å². The molecule has 0 aliphatic heterocycles. The molecule has 3 aromatic rings. The zero-order chi connectivity index (χ0) is 13.9. The quantitative estimate of drug-likeness (QED) is 0.791. The fraction of sp³-hybridized carbons (Fsp3) is 0.214. The Bertz CT molecular complexity index is 724. The fourth-order valence-corrected chi connectivity index (χ4v) is 2.14. The van der Waals surface area contributed by atoms with Gasteiger partial charge in [-0.25, -0.2) is 9.37 Å². The summed E-state index contributed by atoms with van der Waals surface area (Å²) >= 11 is 0. The molecular formula is C14H14FN5. The first-order valence-corrected chi connectivity index (χ1v) is 6.38. The summed E-state index contributed by atoms with van der Waals surface area (Å²) in [7, 11) is 0. The molecule has 0 spiro atoms. The highest BCUT2D eigenvalue weighted by Gasteiger charge is 2.07. The van der Waals surface area contributed by atoms with E-state index in [-0.39, 0.29) is 5.82 Å². The monoisotopic (exact) mass is 271 g/mol. The summed E-state index contributed by atoms with van der Waals surface area (Å²) in [5.74, 6) is -0.300. The average molecular weight is 271 g/mol. The summed E-state index contributed by atoms with van der Waals surface area (Å²) in [5, 5.41) is 11.7. The summed E-state index contributed by atoms with van der Waals surface area (Å²) in [6, 6.07) is 6.90. The first kappa shape index (κ1) is 12.5. The van der Waals surface area contributed by atoms with Crippen LogP contribution in [0.5, 0.6) is 0 Å². The second kappa shape index (κ2) is 5.24. The van der Waals surface area contributed by atoms with E-state index in [0.717, 1.165) is 16.8 Å². The Hall–Kier alpha value is -2.50. The maximum absolute atomic E-state index is 13.8. The molecular weight excluding hydrogens is 257 g/mol. The second-order valence-electron chi connectivity index (χ2n) is 4.54. The SMILES string of the molecule is Cc1cc(NCCn2ccnn2)c2cccc(F)c2n1. The van der Waals surface area contributed by atoms with Gasteiger partial charge < -0.3 is 5.32 Å². The number of halogens is 1. The summed E-state index contributed by atoms with van der Waals surface area (Å²) in [6.07, 6.45) is 3.44. The first-order chi connectivity index (χ1) is 9.74. The van der Waals surface area contributed by atoms with E-state index in [1.807, 2.05) is 19.1 Å². The molecule has 0 saturated heterocycles. The maximum Gasteiger partial charge on any atom is 0.149 e. The normalized spacial score (nSPS) is 10.9. The summed E-state index contributed by atoms with van der Waals surface area (Å²) in [4.78, 5) is 4.25. The molecule has 0 bridgehead atoms. The van der Waals surface area contributed by atoms with Crippen molar-refractivity contribution in [2.24, 2.45) is 0 Å². The van der Waals surface area contributed by atoms with Crippen LogP contribution in [-0.4, -0.2) is 26.5 Å². The number of nitrogens with one attached hydrogen (secondary N) is 1. The fourth-order valence-electron chi connectivity index (χ4n) is 2.14. The van der Waals surface area contributed by atoms with Crippen LogP contribution in [0.3, 0.4) is 0 Å². The Morgan fingerprint density at radius 3 is 3.05 bits per heavy atom. The Labute approximate surface area is 115 Å². The van der Waals surface area contributed by atoms with Gasteiger partial charge in [0.2, 0.25) is 0 Å². The number of nitrogens with zero attached hydrogens (tertiary/aromatic N) is 4. The van der Waals surface area contributed by atoms with Gasteiger partial charge >= 0.3 is 0 Å². The van der Waals surface area contributed by atoms with Crippen LogP contribution < -0.4 is 5.32 Å². The van der Waals surface area contributed by atoms with Crippen molar-refractivity contribution in [3.8, 4) is 0 Å². The molecule has 0 amide bonds. The van der Waals surface area contributed by atoms with Gasteiger partial charge in [0, 0.05) is 29.5 Å². The molecule has 0 radical (unpaired) electrons. The number of anilines is 1. The van der Waals surface area contributed by atoms with Gasteiger partial charge in [0.1, 0.15) is 11.3 Å². The number of benzene rings is 1. The summed E-state index contributed by atoms with van der Waals surface area (Å²) in [6.45, 7) is 3.23. The van der Waals surface area contributed by atoms with Gasteiger partial charge in [-0.15, -0.1) is 5.10 Å². The number of hydrogen-bond donors (Lipinski definition) is 1. The molecule has 102 valence electrons. The molecule has 2 aromatic heterocycles. The molecule has 2 heterocycles. The number of para-hydroxylation sites is 1. The van der Waals surface area contributed by atoms with Crippen molar-refractivity contribution in [1.29, 1.82) is 0 Å². The Balaban J connectivity index is 1.85. The van der Waals surface area contributed by atoms with Crippen LogP contribution in [0.2, 0.25) is 0 Å². The average Bonchev–Trinajstić information content (AvgIpc) is 2.93. The van der Waals surface area contributed by atoms with E-state index < -0.39 is 0 Å². The molecule has 6 heteroatoms. The van der Waals surface area contributed by atoms with Gasteiger partial charge in [-0.3, -0.25) is 4.68 Å². The third kappa shape index (κ3) is 2.45. The Morgan fingerprint density at radius 2 is 2.25 bits per heavy atom. The van der Waals surface area contributed by atoms with E-state index in [2.05, 4.69) is 20.6 Å². The molecule has 0 atom stereocenters. The molecule has 1 aromatic carbocycles. The first-order valence-electron chi connectivity index (χ1n) is 6.38. The molecule has 20 heavy (non-hydrogen) atoms. The zero-order valence-corrected chi connectivity index (χ0v) is 11.0. The smallest absolute Gasteiger partial charge is 0.149 e. The number of aryl methyl sites for hydroxylation is 1. The van der Waals surface area contributed by atoms with Crippen LogP contribution in [0.1, 0.15) is 5.69 Å². The standard InChI is InChI=1S/C14H14FN5/c1-10-9-13(16-5-7-20-8-6-17-19-20)11-3-2-4-12(15)14(11)18-10/h2-4,6,8-9H,5,7H2,1H3,(H,16,18). The van der Waals surface area contributed by atoms with E-state index in [1.165, 1.54) is 6.07 Å². The van der Waals surface area contributed by atoms with Crippen LogP contribution >= 0.6 is 0 Å². The highest BCUT2D eigenvalue weighted by atomic mass is 19.1. The van der Waals surface area contributed by atoms with Crippen molar-refractivity contribution in [2.75, 3.05) is 11.9 Å². The lowest BCUT2D eigenvalue weighted by molar-refractivity contribution is 0.609. The van der Waals surface area contributed by atoms with E-state index in [9.17, 15) is 4.39 Å². The highest BCUT2D eigenvalue weighted by molar-refractivity contribution is 5.91. The van der Waals surface area contributed by atoms with Gasteiger partial charge in [0.05, 0.1) is 12.7 Å². The van der Waals surface area contributed by atoms with E-state index in [0.29, 0.717) is 18.6 Å². The number of pyridine rings is 1. The predicted octanol–water partition coefficient (Wildman–Crippen LogP) is 2.39. The molecule has 0 fully saturated rings. The minimum absolute atomic E-state index is 0.300. The highest BCUT2D eigenvalue weighted by Crippen LogP contribution is 2.24. The van der Waals surface area contributed by atoms with E-state index in [1.54, 1.807) is 23.1 Å². The lowest BCUT2D eigenvalue weighted by Gasteiger charge is -2.11. The van der Waals surface area contributed by atoms with E-state index >= 15 is 0 Å². The molecule has 5 nitrogen and oxygen atoms in total. The predicted molar refractivity (Wildman–Crippen MR) is 74.9 cm³/mol. The summed E-state index contributed by atoms with van der Waals surface area (Å²) < 4.78 is 15.5. The van der Waals surface area contributed by atoms with Crippen molar-refractivity contribution in [2.45, 2.75) is 13.5 Å². The number of aromatic nitrogens is 4. The molecule has 3 rings (SSSR count). The zero-order valence-electron chi connectivity index (χ0n) is 11.0. The van der Waals surface area contributed by atoms with Crippen LogP contribution in [0, 0.1) is 12.7 Å². The molecule has 0 aliphatic rings. The van der Waals surface area contributed by atoms with Crippen molar-refractivity contribution in [3.05, 3.63) is 48.2 Å². The molecule has 1 N–H and O–H groups in total. The second-order valence-corrected chi connectivity index (χ2v) is 4.54.